The highest BCUT2D eigenvalue weighted by molar-refractivity contribution is 8.14. The summed E-state index contributed by atoms with van der Waals surface area (Å²) in [6.07, 6.45) is 0. The van der Waals surface area contributed by atoms with Crippen molar-refractivity contribution in [1.29, 1.82) is 5.41 Å². The molecule has 1 saturated heterocycles. The first kappa shape index (κ1) is 21.9. The van der Waals surface area contributed by atoms with Crippen molar-refractivity contribution in [3.8, 4) is 5.75 Å². The Kier molecular flexibility index (Phi) is 6.79. The van der Waals surface area contributed by atoms with Gasteiger partial charge in [-0.1, -0.05) is 36.0 Å². The van der Waals surface area contributed by atoms with E-state index >= 15 is 0 Å². The van der Waals surface area contributed by atoms with Gasteiger partial charge in [0.05, 0.1) is 29.7 Å². The Morgan fingerprint density at radius 3 is 2.57 bits per heavy atom. The van der Waals surface area contributed by atoms with Crippen molar-refractivity contribution in [2.75, 3.05) is 12.4 Å². The molecule has 0 unspecified atom stereocenters. The molecule has 156 valence electrons. The quantitative estimate of drug-likeness (QED) is 0.630. The summed E-state index contributed by atoms with van der Waals surface area (Å²) in [4.78, 5) is 30.4. The molecule has 0 bridgehead atoms. The van der Waals surface area contributed by atoms with Gasteiger partial charge in [0.25, 0.3) is 5.56 Å². The van der Waals surface area contributed by atoms with Crippen molar-refractivity contribution in [2.24, 2.45) is 0 Å². The Hall–Kier alpha value is -2.84. The number of benzene rings is 2. The van der Waals surface area contributed by atoms with Crippen LogP contribution in [-0.2, 0) is 17.9 Å². The normalized spacial score (nSPS) is 13.6. The molecule has 4 rings (SSSR count). The van der Waals surface area contributed by atoms with Crippen LogP contribution in [0.25, 0.3) is 10.9 Å². The molecule has 2 heterocycles. The first-order chi connectivity index (χ1) is 14.0. The number of carbonyl (C=O) groups is 1. The molecule has 1 aliphatic heterocycles. The SMILES string of the molecule is Cc1nc2ccccc2c(=O)n1CCOc1ccc(CN2C(=N)SCC2=O)cc1.Cl. The Morgan fingerprint density at radius 1 is 1.13 bits per heavy atom. The molecule has 30 heavy (non-hydrogen) atoms. The number of nitrogens with one attached hydrogen (secondary N) is 1. The molecule has 3 aromatic rings. The lowest BCUT2D eigenvalue weighted by Gasteiger charge is -2.15. The second kappa shape index (κ2) is 9.32. The van der Waals surface area contributed by atoms with E-state index in [0.29, 0.717) is 53.1 Å². The summed E-state index contributed by atoms with van der Waals surface area (Å²) < 4.78 is 7.41. The van der Waals surface area contributed by atoms with E-state index in [0.717, 1.165) is 5.56 Å². The molecule has 0 atom stereocenters. The lowest BCUT2D eigenvalue weighted by atomic mass is 10.2. The van der Waals surface area contributed by atoms with Gasteiger partial charge in [-0.3, -0.25) is 24.5 Å². The fourth-order valence-electron chi connectivity index (χ4n) is 3.23. The number of aryl methyl sites for hydroxylation is 1. The largest absolute Gasteiger partial charge is 0.492 e. The number of amides is 1. The average molecular weight is 445 g/mol. The number of ether oxygens (including phenoxy) is 1. The minimum Gasteiger partial charge on any atom is -0.492 e. The summed E-state index contributed by atoms with van der Waals surface area (Å²) in [7, 11) is 0. The van der Waals surface area contributed by atoms with Crippen LogP contribution in [0.3, 0.4) is 0 Å². The third kappa shape index (κ3) is 4.49. The monoisotopic (exact) mass is 444 g/mol. The van der Waals surface area contributed by atoms with E-state index in [1.807, 2.05) is 49.4 Å². The number of halogens is 1. The van der Waals surface area contributed by atoms with Crippen LogP contribution in [-0.4, -0.2) is 37.9 Å². The van der Waals surface area contributed by atoms with Gasteiger partial charge in [-0.15, -0.1) is 12.4 Å². The first-order valence-corrected chi connectivity index (χ1v) is 10.2. The fourth-order valence-corrected chi connectivity index (χ4v) is 3.97. The van der Waals surface area contributed by atoms with Crippen LogP contribution >= 0.6 is 24.2 Å². The first-order valence-electron chi connectivity index (χ1n) is 9.22. The van der Waals surface area contributed by atoms with Gasteiger partial charge in [0, 0.05) is 0 Å². The van der Waals surface area contributed by atoms with Crippen LogP contribution in [0.4, 0.5) is 0 Å². The summed E-state index contributed by atoms with van der Waals surface area (Å²) in [5.74, 6) is 1.64. The van der Waals surface area contributed by atoms with Gasteiger partial charge < -0.3 is 4.74 Å². The molecule has 1 fully saturated rings. The highest BCUT2D eigenvalue weighted by atomic mass is 35.5. The Balaban J connectivity index is 0.00000256. The van der Waals surface area contributed by atoms with Crippen LogP contribution in [0, 0.1) is 12.3 Å². The zero-order valence-electron chi connectivity index (χ0n) is 16.3. The van der Waals surface area contributed by atoms with Crippen molar-refractivity contribution < 1.29 is 9.53 Å². The maximum Gasteiger partial charge on any atom is 0.261 e. The number of hydrogen-bond donors (Lipinski definition) is 1. The zero-order valence-corrected chi connectivity index (χ0v) is 18.0. The number of aromatic nitrogens is 2. The Labute approximate surface area is 184 Å². The molecule has 7 nitrogen and oxygen atoms in total. The number of fused-ring (bicyclic) bond motifs is 1. The number of amidine groups is 1. The van der Waals surface area contributed by atoms with Crippen LogP contribution in [0.2, 0.25) is 0 Å². The van der Waals surface area contributed by atoms with E-state index < -0.39 is 0 Å². The molecule has 1 aromatic heterocycles. The number of nitrogens with zero attached hydrogens (tertiary/aromatic N) is 3. The van der Waals surface area contributed by atoms with Crippen LogP contribution < -0.4 is 10.3 Å². The van der Waals surface area contributed by atoms with E-state index in [2.05, 4.69) is 4.98 Å². The molecular weight excluding hydrogens is 424 g/mol. The number of carbonyl (C=O) groups excluding carboxylic acids is 1. The van der Waals surface area contributed by atoms with E-state index in [1.165, 1.54) is 16.7 Å². The van der Waals surface area contributed by atoms with Gasteiger partial charge in [0.2, 0.25) is 5.91 Å². The molecule has 1 aliphatic rings. The number of thioether (sulfide) groups is 1. The van der Waals surface area contributed by atoms with Gasteiger partial charge >= 0.3 is 0 Å². The molecule has 0 radical (unpaired) electrons. The molecule has 9 heteroatoms. The molecular formula is C21H21ClN4O3S. The second-order valence-electron chi connectivity index (χ2n) is 6.70. The second-order valence-corrected chi connectivity index (χ2v) is 7.66. The average Bonchev–Trinajstić information content (AvgIpc) is 3.03. The molecule has 1 N–H and O–H groups in total. The van der Waals surface area contributed by atoms with Crippen molar-refractivity contribution in [3.63, 3.8) is 0 Å². The number of rotatable bonds is 6. The van der Waals surface area contributed by atoms with Crippen molar-refractivity contribution in [1.82, 2.24) is 14.5 Å². The highest BCUT2D eigenvalue weighted by Gasteiger charge is 2.26. The van der Waals surface area contributed by atoms with Gasteiger partial charge in [0.15, 0.2) is 5.17 Å². The third-order valence-corrected chi connectivity index (χ3v) is 5.66. The fraction of sp³-hybridized carbons (Fsp3) is 0.238. The summed E-state index contributed by atoms with van der Waals surface area (Å²) in [6.45, 7) is 2.95. The summed E-state index contributed by atoms with van der Waals surface area (Å²) in [6, 6.07) is 14.8. The molecule has 0 aliphatic carbocycles. The van der Waals surface area contributed by atoms with E-state index in [1.54, 1.807) is 10.6 Å². The predicted octanol–water partition coefficient (Wildman–Crippen LogP) is 3.22. The lowest BCUT2D eigenvalue weighted by molar-refractivity contribution is -0.124. The van der Waals surface area contributed by atoms with E-state index in [9.17, 15) is 9.59 Å². The number of para-hydroxylation sites is 1. The van der Waals surface area contributed by atoms with Gasteiger partial charge in [-0.05, 0) is 36.8 Å². The summed E-state index contributed by atoms with van der Waals surface area (Å²) >= 11 is 1.25. The van der Waals surface area contributed by atoms with E-state index in [4.69, 9.17) is 10.1 Å². The maximum absolute atomic E-state index is 12.7. The van der Waals surface area contributed by atoms with Gasteiger partial charge in [-0.2, -0.15) is 0 Å². The maximum atomic E-state index is 12.7. The van der Waals surface area contributed by atoms with Crippen LogP contribution in [0.1, 0.15) is 11.4 Å². The topological polar surface area (TPSA) is 88.3 Å². The lowest BCUT2D eigenvalue weighted by Crippen LogP contribution is -2.28. The van der Waals surface area contributed by atoms with Crippen molar-refractivity contribution in [3.05, 3.63) is 70.3 Å². The van der Waals surface area contributed by atoms with Crippen molar-refractivity contribution in [2.45, 2.75) is 20.0 Å². The van der Waals surface area contributed by atoms with Gasteiger partial charge in [-0.25, -0.2) is 4.98 Å². The summed E-state index contributed by atoms with van der Waals surface area (Å²) in [5.41, 5.74) is 1.57. The predicted molar refractivity (Wildman–Crippen MR) is 121 cm³/mol. The standard InChI is InChI=1S/C21H20N4O3S.ClH/c1-14-23-18-5-3-2-4-17(18)20(27)24(14)10-11-28-16-8-6-15(7-9-16)12-25-19(26)13-29-21(25)22;/h2-9,22H,10-13H2,1H3;1H. The Bertz CT molecular complexity index is 1130. The minimum absolute atomic E-state index is 0. The minimum atomic E-state index is -0.0670. The summed E-state index contributed by atoms with van der Waals surface area (Å²) in [5, 5.41) is 8.69. The smallest absolute Gasteiger partial charge is 0.261 e. The van der Waals surface area contributed by atoms with Gasteiger partial charge in [0.1, 0.15) is 18.2 Å². The molecule has 1 amide bonds. The van der Waals surface area contributed by atoms with Crippen LogP contribution in [0.5, 0.6) is 5.75 Å². The Morgan fingerprint density at radius 2 is 1.87 bits per heavy atom. The number of hydrogen-bond acceptors (Lipinski definition) is 6. The molecule has 0 saturated carbocycles. The van der Waals surface area contributed by atoms with Crippen molar-refractivity contribution >= 4 is 46.1 Å². The van der Waals surface area contributed by atoms with E-state index in [-0.39, 0.29) is 23.9 Å². The highest BCUT2D eigenvalue weighted by Crippen LogP contribution is 2.21. The molecule has 2 aromatic carbocycles. The molecule has 0 spiro atoms. The van der Waals surface area contributed by atoms with Crippen LogP contribution in [0.15, 0.2) is 53.3 Å². The third-order valence-electron chi connectivity index (χ3n) is 4.78. The zero-order chi connectivity index (χ0) is 20.4.